The standard InChI is InChI=1S/C25H28ClFN8O2/c1-4-25(15-28,13-16-5-7-17(27)8-6-16)9-10-34(2)23(36)22-14-29-19-11-18(26)20(12-21(19)37-22)35(3)24-30-32-33-31-24/h5-8,11-12,22,29H,4,9-10,13-14H2,1-3H3,(H,30,31,32,33). The van der Waals surface area contributed by atoms with Crippen LogP contribution in [0.3, 0.4) is 0 Å². The number of rotatable bonds is 9. The summed E-state index contributed by atoms with van der Waals surface area (Å²) in [7, 11) is 3.44. The van der Waals surface area contributed by atoms with Gasteiger partial charge in [0.1, 0.15) is 11.6 Å². The van der Waals surface area contributed by atoms with Gasteiger partial charge in [-0.3, -0.25) is 4.79 Å². The van der Waals surface area contributed by atoms with Crippen molar-refractivity contribution in [1.82, 2.24) is 25.5 Å². The third-order valence-electron chi connectivity index (χ3n) is 6.74. The minimum absolute atomic E-state index is 0.203. The minimum atomic E-state index is -0.753. The fourth-order valence-electron chi connectivity index (χ4n) is 4.27. The number of carbonyl (C=O) groups is 1. The molecule has 0 aliphatic carbocycles. The number of tetrazole rings is 1. The average molecular weight is 527 g/mol. The first-order chi connectivity index (χ1) is 17.7. The van der Waals surface area contributed by atoms with Gasteiger partial charge >= 0.3 is 0 Å². The highest BCUT2D eigenvalue weighted by molar-refractivity contribution is 6.33. The van der Waals surface area contributed by atoms with Crippen molar-refractivity contribution in [3.8, 4) is 11.8 Å². The quantitative estimate of drug-likeness (QED) is 0.429. The Morgan fingerprint density at radius 1 is 1.32 bits per heavy atom. The molecule has 2 aromatic carbocycles. The number of halogens is 2. The molecule has 1 aliphatic rings. The molecule has 0 spiro atoms. The second-order valence-electron chi connectivity index (χ2n) is 9.12. The fraction of sp³-hybridized carbons (Fsp3) is 0.400. The number of carbonyl (C=O) groups excluding carboxylic acids is 1. The van der Waals surface area contributed by atoms with E-state index in [0.29, 0.717) is 53.9 Å². The van der Waals surface area contributed by atoms with E-state index >= 15 is 0 Å². The molecule has 194 valence electrons. The molecule has 2 heterocycles. The number of amides is 1. The molecule has 0 bridgehead atoms. The third kappa shape index (κ3) is 5.75. The zero-order valence-corrected chi connectivity index (χ0v) is 21.6. The van der Waals surface area contributed by atoms with Gasteiger partial charge in [0.05, 0.1) is 34.4 Å². The molecular formula is C25H28ClFN8O2. The van der Waals surface area contributed by atoms with Gasteiger partial charge in [-0.1, -0.05) is 35.8 Å². The highest BCUT2D eigenvalue weighted by atomic mass is 35.5. The number of aromatic nitrogens is 4. The van der Waals surface area contributed by atoms with Crippen LogP contribution >= 0.6 is 11.6 Å². The number of benzene rings is 2. The van der Waals surface area contributed by atoms with Crippen molar-refractivity contribution < 1.29 is 13.9 Å². The van der Waals surface area contributed by atoms with Crippen LogP contribution in [0.15, 0.2) is 36.4 Å². The molecule has 3 aromatic rings. The van der Waals surface area contributed by atoms with E-state index in [0.717, 1.165) is 5.56 Å². The Hall–Kier alpha value is -3.91. The molecule has 12 heteroatoms. The zero-order chi connectivity index (χ0) is 26.6. The van der Waals surface area contributed by atoms with Crippen LogP contribution in [0.2, 0.25) is 5.02 Å². The lowest BCUT2D eigenvalue weighted by Gasteiger charge is -2.32. The number of anilines is 3. The summed E-state index contributed by atoms with van der Waals surface area (Å²) in [5.74, 6) is 0.289. The monoisotopic (exact) mass is 526 g/mol. The predicted molar refractivity (Wildman–Crippen MR) is 137 cm³/mol. The maximum atomic E-state index is 13.3. The summed E-state index contributed by atoms with van der Waals surface area (Å²) < 4.78 is 19.4. The van der Waals surface area contributed by atoms with E-state index in [2.05, 4.69) is 32.0 Å². The number of hydrogen-bond donors (Lipinski definition) is 2. The van der Waals surface area contributed by atoms with Gasteiger partial charge in [0.15, 0.2) is 6.10 Å². The van der Waals surface area contributed by atoms with E-state index in [1.165, 1.54) is 12.1 Å². The Morgan fingerprint density at radius 3 is 2.73 bits per heavy atom. The smallest absolute Gasteiger partial charge is 0.269 e. The predicted octanol–water partition coefficient (Wildman–Crippen LogP) is 3.94. The Balaban J connectivity index is 1.42. The maximum absolute atomic E-state index is 13.3. The topological polar surface area (TPSA) is 123 Å². The number of nitriles is 1. The van der Waals surface area contributed by atoms with E-state index in [1.807, 2.05) is 6.92 Å². The molecule has 10 nitrogen and oxygen atoms in total. The lowest BCUT2D eigenvalue weighted by molar-refractivity contribution is -0.137. The first-order valence-corrected chi connectivity index (χ1v) is 12.2. The first-order valence-electron chi connectivity index (χ1n) is 11.9. The molecule has 4 rings (SSSR count). The number of ether oxygens (including phenoxy) is 1. The van der Waals surface area contributed by atoms with E-state index in [1.54, 1.807) is 48.2 Å². The lowest BCUT2D eigenvalue weighted by Crippen LogP contribution is -2.46. The van der Waals surface area contributed by atoms with Crippen LogP contribution in [0, 0.1) is 22.6 Å². The molecule has 0 fully saturated rings. The van der Waals surface area contributed by atoms with Crippen LogP contribution in [0.5, 0.6) is 5.75 Å². The molecule has 1 aliphatic heterocycles. The summed E-state index contributed by atoms with van der Waals surface area (Å²) in [4.78, 5) is 16.5. The average Bonchev–Trinajstić information content (AvgIpc) is 3.46. The normalized spacial score (nSPS) is 15.9. The van der Waals surface area contributed by atoms with Crippen molar-refractivity contribution >= 4 is 34.8 Å². The second kappa shape index (κ2) is 11.0. The molecule has 2 N–H and O–H groups in total. The van der Waals surface area contributed by atoms with Crippen molar-refractivity contribution in [3.63, 3.8) is 0 Å². The highest BCUT2D eigenvalue weighted by Crippen LogP contribution is 2.40. The van der Waals surface area contributed by atoms with Gasteiger partial charge < -0.3 is 19.9 Å². The van der Waals surface area contributed by atoms with Gasteiger partial charge in [0.25, 0.3) is 11.9 Å². The van der Waals surface area contributed by atoms with Crippen LogP contribution in [-0.4, -0.2) is 64.7 Å². The van der Waals surface area contributed by atoms with Crippen LogP contribution in [0.1, 0.15) is 25.3 Å². The SMILES string of the molecule is CCC(C#N)(CCN(C)C(=O)C1CNc2cc(Cl)c(N(C)c3nn[nH]n3)cc2O1)Cc1ccc(F)cc1. The molecule has 2 atom stereocenters. The van der Waals surface area contributed by atoms with Crippen LogP contribution in [0.4, 0.5) is 21.7 Å². The van der Waals surface area contributed by atoms with Crippen LogP contribution in [0.25, 0.3) is 0 Å². The zero-order valence-electron chi connectivity index (χ0n) is 20.8. The van der Waals surface area contributed by atoms with Crippen LogP contribution < -0.4 is 15.0 Å². The van der Waals surface area contributed by atoms with Crippen LogP contribution in [-0.2, 0) is 11.2 Å². The number of nitrogens with zero attached hydrogens (tertiary/aromatic N) is 6. The van der Waals surface area contributed by atoms with Crippen molar-refractivity contribution in [3.05, 3.63) is 52.8 Å². The molecule has 0 saturated carbocycles. The number of aromatic amines is 1. The second-order valence-corrected chi connectivity index (χ2v) is 9.52. The van der Waals surface area contributed by atoms with E-state index in [9.17, 15) is 14.4 Å². The molecule has 0 saturated heterocycles. The summed E-state index contributed by atoms with van der Waals surface area (Å²) >= 11 is 6.46. The first kappa shape index (κ1) is 26.2. The minimum Gasteiger partial charge on any atom is -0.476 e. The summed E-state index contributed by atoms with van der Waals surface area (Å²) in [5, 5.41) is 27.5. The molecule has 1 aromatic heterocycles. The van der Waals surface area contributed by atoms with Gasteiger partial charge in [-0.05, 0) is 48.2 Å². The fourth-order valence-corrected chi connectivity index (χ4v) is 4.56. The molecule has 1 amide bonds. The number of H-pyrrole nitrogens is 1. The summed E-state index contributed by atoms with van der Waals surface area (Å²) in [6.45, 7) is 2.60. The third-order valence-corrected chi connectivity index (χ3v) is 7.04. The van der Waals surface area contributed by atoms with Crippen molar-refractivity contribution in [2.45, 2.75) is 32.3 Å². The summed E-state index contributed by atoms with van der Waals surface area (Å²) in [5.41, 5.74) is 1.48. The van der Waals surface area contributed by atoms with Gasteiger partial charge in [0.2, 0.25) is 0 Å². The highest BCUT2D eigenvalue weighted by Gasteiger charge is 2.33. The lowest BCUT2D eigenvalue weighted by atomic mass is 9.77. The van der Waals surface area contributed by atoms with E-state index < -0.39 is 11.5 Å². The Kier molecular flexibility index (Phi) is 7.78. The number of hydrogen-bond acceptors (Lipinski definition) is 8. The number of nitrogens with one attached hydrogen (secondary N) is 2. The van der Waals surface area contributed by atoms with E-state index in [4.69, 9.17) is 16.3 Å². The Labute approximate surface area is 219 Å². The van der Waals surface area contributed by atoms with Gasteiger partial charge in [0, 0.05) is 26.7 Å². The molecular weight excluding hydrogens is 499 g/mol. The maximum Gasteiger partial charge on any atom is 0.269 e. The van der Waals surface area contributed by atoms with Crippen molar-refractivity contribution in [2.24, 2.45) is 5.41 Å². The van der Waals surface area contributed by atoms with Gasteiger partial charge in [-0.2, -0.15) is 10.5 Å². The summed E-state index contributed by atoms with van der Waals surface area (Å²) in [6, 6.07) is 12.1. The largest absolute Gasteiger partial charge is 0.476 e. The number of likely N-dealkylation sites (N-methyl/N-ethyl adjacent to an activating group) is 1. The van der Waals surface area contributed by atoms with Gasteiger partial charge in [-0.25, -0.2) is 4.39 Å². The van der Waals surface area contributed by atoms with Crippen molar-refractivity contribution in [1.29, 1.82) is 5.26 Å². The Morgan fingerprint density at radius 2 is 2.08 bits per heavy atom. The van der Waals surface area contributed by atoms with E-state index in [-0.39, 0.29) is 18.3 Å². The summed E-state index contributed by atoms with van der Waals surface area (Å²) in [6.07, 6.45) is 0.812. The molecule has 37 heavy (non-hydrogen) atoms. The van der Waals surface area contributed by atoms with Gasteiger partial charge in [-0.15, -0.1) is 5.10 Å². The molecule has 2 unspecified atom stereocenters. The molecule has 0 radical (unpaired) electrons. The number of fused-ring (bicyclic) bond motifs is 1. The van der Waals surface area contributed by atoms with Crippen molar-refractivity contribution in [2.75, 3.05) is 37.4 Å². The Bertz CT molecular complexity index is 1280.